The molecule has 6 heteroatoms. The number of H-pyrrole nitrogens is 1. The molecule has 0 radical (unpaired) electrons. The van der Waals surface area contributed by atoms with Crippen LogP contribution < -0.4 is 11.2 Å². The number of thioether (sulfide) groups is 1. The molecule has 0 saturated heterocycles. The van der Waals surface area contributed by atoms with Gasteiger partial charge in [0.2, 0.25) is 0 Å². The summed E-state index contributed by atoms with van der Waals surface area (Å²) >= 11 is 1.41. The minimum Gasteiger partial charge on any atom is -0.423 e. The van der Waals surface area contributed by atoms with Crippen molar-refractivity contribution in [2.24, 2.45) is 0 Å². The third kappa shape index (κ3) is 3.66. The van der Waals surface area contributed by atoms with Crippen molar-refractivity contribution in [3.63, 3.8) is 0 Å². The first kappa shape index (κ1) is 17.5. The van der Waals surface area contributed by atoms with Crippen LogP contribution in [0.2, 0.25) is 0 Å². The lowest BCUT2D eigenvalue weighted by atomic mass is 10.0. The monoisotopic (exact) mass is 378 g/mol. The fraction of sp³-hybridized carbons (Fsp3) is 0.190. The lowest BCUT2D eigenvalue weighted by molar-refractivity contribution is 0.560. The van der Waals surface area contributed by atoms with Gasteiger partial charge in [-0.25, -0.2) is 9.78 Å². The molecule has 0 aliphatic rings. The molecule has 0 spiro atoms. The standard InChI is InChI=1S/C21H18N2O3S/c1-2-5-15-11-18(24)23-21(22-15)27-12-14-10-19(25)26-17-9-8-13-6-3-4-7-16(13)20(14)17/h3-4,6-11H,2,5,12H2,1H3,(H,22,23,24). The second kappa shape index (κ2) is 7.40. The van der Waals surface area contributed by atoms with Crippen LogP contribution in [0.15, 0.2) is 67.7 Å². The van der Waals surface area contributed by atoms with Gasteiger partial charge in [0.05, 0.1) is 0 Å². The van der Waals surface area contributed by atoms with Crippen molar-refractivity contribution in [1.82, 2.24) is 9.97 Å². The van der Waals surface area contributed by atoms with E-state index in [4.69, 9.17) is 4.42 Å². The molecule has 2 aromatic heterocycles. The molecule has 5 nitrogen and oxygen atoms in total. The number of aryl methyl sites for hydroxylation is 1. The topological polar surface area (TPSA) is 76.0 Å². The third-order valence-electron chi connectivity index (χ3n) is 4.36. The van der Waals surface area contributed by atoms with Crippen molar-refractivity contribution in [1.29, 1.82) is 0 Å². The molecular formula is C21H18N2O3S. The molecule has 0 saturated carbocycles. The largest absolute Gasteiger partial charge is 0.423 e. The van der Waals surface area contributed by atoms with Crippen LogP contribution >= 0.6 is 11.8 Å². The zero-order chi connectivity index (χ0) is 18.8. The van der Waals surface area contributed by atoms with E-state index in [1.54, 1.807) is 0 Å². The van der Waals surface area contributed by atoms with E-state index in [2.05, 4.69) is 16.9 Å². The van der Waals surface area contributed by atoms with Gasteiger partial charge >= 0.3 is 5.63 Å². The Morgan fingerprint density at radius 3 is 2.81 bits per heavy atom. The smallest absolute Gasteiger partial charge is 0.336 e. The van der Waals surface area contributed by atoms with E-state index in [1.165, 1.54) is 23.9 Å². The van der Waals surface area contributed by atoms with Crippen molar-refractivity contribution in [3.05, 3.63) is 80.6 Å². The molecule has 0 bridgehead atoms. The molecule has 136 valence electrons. The lowest BCUT2D eigenvalue weighted by Crippen LogP contribution is -2.10. The highest BCUT2D eigenvalue weighted by molar-refractivity contribution is 7.98. The summed E-state index contributed by atoms with van der Waals surface area (Å²) in [4.78, 5) is 31.1. The number of aromatic amines is 1. The van der Waals surface area contributed by atoms with Crippen molar-refractivity contribution in [2.45, 2.75) is 30.7 Å². The Morgan fingerprint density at radius 1 is 1.11 bits per heavy atom. The number of nitrogens with zero attached hydrogens (tertiary/aromatic N) is 1. The molecule has 27 heavy (non-hydrogen) atoms. The fourth-order valence-electron chi connectivity index (χ4n) is 3.22. The van der Waals surface area contributed by atoms with Crippen LogP contribution in [0.4, 0.5) is 0 Å². The second-order valence-corrected chi connectivity index (χ2v) is 7.30. The van der Waals surface area contributed by atoms with E-state index in [0.717, 1.165) is 40.3 Å². The number of rotatable bonds is 5. The van der Waals surface area contributed by atoms with E-state index in [1.807, 2.05) is 36.4 Å². The van der Waals surface area contributed by atoms with Crippen LogP contribution in [-0.2, 0) is 12.2 Å². The molecule has 0 fully saturated rings. The normalized spacial score (nSPS) is 11.3. The predicted molar refractivity (Wildman–Crippen MR) is 108 cm³/mol. The maximum Gasteiger partial charge on any atom is 0.336 e. The number of benzene rings is 2. The summed E-state index contributed by atoms with van der Waals surface area (Å²) in [5.41, 5.74) is 1.68. The van der Waals surface area contributed by atoms with Gasteiger partial charge in [-0.3, -0.25) is 4.79 Å². The first-order valence-electron chi connectivity index (χ1n) is 8.81. The van der Waals surface area contributed by atoms with Crippen LogP contribution in [0.3, 0.4) is 0 Å². The third-order valence-corrected chi connectivity index (χ3v) is 5.28. The van der Waals surface area contributed by atoms with Gasteiger partial charge in [0.15, 0.2) is 5.16 Å². The van der Waals surface area contributed by atoms with Crippen molar-refractivity contribution < 1.29 is 4.42 Å². The van der Waals surface area contributed by atoms with E-state index >= 15 is 0 Å². The second-order valence-electron chi connectivity index (χ2n) is 6.33. The number of aromatic nitrogens is 2. The molecule has 0 amide bonds. The quantitative estimate of drug-likeness (QED) is 0.243. The average Bonchev–Trinajstić information content (AvgIpc) is 2.65. The molecular weight excluding hydrogens is 360 g/mol. The Labute approximate surface area is 159 Å². The zero-order valence-electron chi connectivity index (χ0n) is 14.8. The van der Waals surface area contributed by atoms with Crippen LogP contribution in [0.5, 0.6) is 0 Å². The maximum absolute atomic E-state index is 12.0. The van der Waals surface area contributed by atoms with E-state index in [9.17, 15) is 9.59 Å². The van der Waals surface area contributed by atoms with Gasteiger partial charge in [-0.15, -0.1) is 0 Å². The zero-order valence-corrected chi connectivity index (χ0v) is 15.6. The van der Waals surface area contributed by atoms with Crippen molar-refractivity contribution in [2.75, 3.05) is 0 Å². The summed E-state index contributed by atoms with van der Waals surface area (Å²) in [6.07, 6.45) is 1.69. The highest BCUT2D eigenvalue weighted by atomic mass is 32.2. The summed E-state index contributed by atoms with van der Waals surface area (Å²) < 4.78 is 5.39. The van der Waals surface area contributed by atoms with E-state index in [0.29, 0.717) is 16.5 Å². The summed E-state index contributed by atoms with van der Waals surface area (Å²) in [6, 6.07) is 14.8. The van der Waals surface area contributed by atoms with Gasteiger partial charge in [-0.2, -0.15) is 0 Å². The van der Waals surface area contributed by atoms with Gasteiger partial charge in [-0.05, 0) is 28.8 Å². The molecule has 4 aromatic rings. The van der Waals surface area contributed by atoms with Crippen LogP contribution in [0, 0.1) is 0 Å². The molecule has 0 atom stereocenters. The number of hydrogen-bond acceptors (Lipinski definition) is 5. The van der Waals surface area contributed by atoms with Gasteiger partial charge < -0.3 is 9.40 Å². The minimum absolute atomic E-state index is 0.154. The van der Waals surface area contributed by atoms with Crippen LogP contribution in [0.25, 0.3) is 21.7 Å². The highest BCUT2D eigenvalue weighted by Crippen LogP contribution is 2.30. The fourth-order valence-corrected chi connectivity index (χ4v) is 4.09. The maximum atomic E-state index is 12.0. The number of nitrogens with one attached hydrogen (secondary N) is 1. The Bertz CT molecular complexity index is 1240. The molecule has 1 N–H and O–H groups in total. The summed E-state index contributed by atoms with van der Waals surface area (Å²) in [5, 5.41) is 3.61. The van der Waals surface area contributed by atoms with Gasteiger partial charge in [0, 0.05) is 29.0 Å². The molecule has 0 unspecified atom stereocenters. The molecule has 0 aliphatic heterocycles. The van der Waals surface area contributed by atoms with Crippen molar-refractivity contribution >= 4 is 33.5 Å². The Morgan fingerprint density at radius 2 is 1.96 bits per heavy atom. The van der Waals surface area contributed by atoms with Gasteiger partial charge in [-0.1, -0.05) is 55.4 Å². The SMILES string of the molecule is CCCc1cc(=O)[nH]c(SCc2cc(=O)oc3ccc4ccccc4c23)n1. The molecule has 4 rings (SSSR count). The molecule has 2 heterocycles. The predicted octanol–water partition coefficient (Wildman–Crippen LogP) is 4.27. The van der Waals surface area contributed by atoms with E-state index < -0.39 is 0 Å². The Balaban J connectivity index is 1.77. The van der Waals surface area contributed by atoms with E-state index in [-0.39, 0.29) is 11.2 Å². The summed E-state index contributed by atoms with van der Waals surface area (Å²) in [7, 11) is 0. The minimum atomic E-state index is -0.380. The summed E-state index contributed by atoms with van der Waals surface area (Å²) in [6.45, 7) is 2.05. The van der Waals surface area contributed by atoms with Gasteiger partial charge in [0.25, 0.3) is 5.56 Å². The molecule has 0 aliphatic carbocycles. The first-order chi connectivity index (χ1) is 13.1. The first-order valence-corrected chi connectivity index (χ1v) is 9.80. The highest BCUT2D eigenvalue weighted by Gasteiger charge is 2.11. The van der Waals surface area contributed by atoms with Crippen LogP contribution in [-0.4, -0.2) is 9.97 Å². The summed E-state index contributed by atoms with van der Waals surface area (Å²) in [5.74, 6) is 0.509. The Kier molecular flexibility index (Phi) is 4.81. The number of hydrogen-bond donors (Lipinski definition) is 1. The lowest BCUT2D eigenvalue weighted by Gasteiger charge is -2.09. The van der Waals surface area contributed by atoms with Crippen LogP contribution in [0.1, 0.15) is 24.6 Å². The van der Waals surface area contributed by atoms with Gasteiger partial charge in [0.1, 0.15) is 5.58 Å². The Hall–Kier alpha value is -2.86. The average molecular weight is 378 g/mol. The van der Waals surface area contributed by atoms with Crippen molar-refractivity contribution in [3.8, 4) is 0 Å². The molecule has 2 aromatic carbocycles. The number of fused-ring (bicyclic) bond motifs is 3.